The van der Waals surface area contributed by atoms with Crippen molar-refractivity contribution in [1.29, 1.82) is 0 Å². The quantitative estimate of drug-likeness (QED) is 0.583. The lowest BCUT2D eigenvalue weighted by atomic mass is 10.2. The van der Waals surface area contributed by atoms with E-state index in [1.54, 1.807) is 18.2 Å². The van der Waals surface area contributed by atoms with Crippen molar-refractivity contribution in [2.75, 3.05) is 5.75 Å². The van der Waals surface area contributed by atoms with Gasteiger partial charge in [0.1, 0.15) is 11.5 Å². The molecular formula is C19H24N4O3SSi. The lowest BCUT2D eigenvalue weighted by Crippen LogP contribution is -2.24. The van der Waals surface area contributed by atoms with Gasteiger partial charge >= 0.3 is 0 Å². The van der Waals surface area contributed by atoms with Gasteiger partial charge in [0.05, 0.1) is 16.2 Å². The van der Waals surface area contributed by atoms with E-state index in [2.05, 4.69) is 40.3 Å². The van der Waals surface area contributed by atoms with Gasteiger partial charge in [0.25, 0.3) is 0 Å². The first-order chi connectivity index (χ1) is 13.2. The molecule has 0 saturated heterocycles. The Labute approximate surface area is 166 Å². The largest absolute Gasteiger partial charge is 0.457 e. The zero-order valence-electron chi connectivity index (χ0n) is 16.4. The Hall–Kier alpha value is -2.52. The van der Waals surface area contributed by atoms with Crippen LogP contribution in [0.3, 0.4) is 0 Å². The topological polar surface area (TPSA) is 97.8 Å². The predicted octanol–water partition coefficient (Wildman–Crippen LogP) is 4.08. The second-order valence-corrected chi connectivity index (χ2v) is 15.6. The molecule has 1 aromatic heterocycles. The summed E-state index contributed by atoms with van der Waals surface area (Å²) in [6, 6.07) is 13.2. The van der Waals surface area contributed by atoms with E-state index in [0.29, 0.717) is 23.1 Å². The predicted molar refractivity (Wildman–Crippen MR) is 111 cm³/mol. The Morgan fingerprint density at radius 1 is 1.07 bits per heavy atom. The minimum atomic E-state index is -3.53. The van der Waals surface area contributed by atoms with Crippen LogP contribution in [0.2, 0.25) is 25.7 Å². The molecule has 0 spiro atoms. The Kier molecular flexibility index (Phi) is 5.66. The Morgan fingerprint density at radius 2 is 1.79 bits per heavy atom. The molecular weight excluding hydrogens is 392 g/mol. The van der Waals surface area contributed by atoms with Crippen molar-refractivity contribution < 1.29 is 13.2 Å². The third-order valence-corrected chi connectivity index (χ3v) is 8.14. The first kappa shape index (κ1) is 20.2. The molecule has 0 aliphatic heterocycles. The minimum Gasteiger partial charge on any atom is -0.457 e. The van der Waals surface area contributed by atoms with Crippen LogP contribution in [0, 0.1) is 6.92 Å². The minimum absolute atomic E-state index is 0.0886. The summed E-state index contributed by atoms with van der Waals surface area (Å²) in [5.41, 5.74) is 1.46. The molecule has 28 heavy (non-hydrogen) atoms. The highest BCUT2D eigenvalue weighted by Gasteiger charge is 2.27. The average molecular weight is 417 g/mol. The molecule has 7 nitrogen and oxygen atoms in total. The summed E-state index contributed by atoms with van der Waals surface area (Å²) in [6.45, 7) is 8.45. The molecule has 9 heteroatoms. The van der Waals surface area contributed by atoms with E-state index >= 15 is 0 Å². The number of aromatic nitrogens is 4. The standard InChI is InChI=1S/C19H24N4O3SSi/c1-14-8-10-15(11-9-14)26-16-6-5-7-17(18(16)19-20-22-23-21-19)27(24,25)12-13-28(2,3)4/h5-11H,12-13H2,1-4H3,(H,20,21,22,23). The van der Waals surface area contributed by atoms with Gasteiger partial charge < -0.3 is 4.74 Å². The zero-order chi connectivity index (χ0) is 20.4. The van der Waals surface area contributed by atoms with Gasteiger partial charge in [-0.3, -0.25) is 0 Å². The molecule has 0 atom stereocenters. The third kappa shape index (κ3) is 4.85. The molecule has 0 bridgehead atoms. The van der Waals surface area contributed by atoms with Gasteiger partial charge in [-0.05, 0) is 47.7 Å². The molecule has 1 N–H and O–H groups in total. The maximum absolute atomic E-state index is 13.1. The van der Waals surface area contributed by atoms with E-state index in [1.165, 1.54) is 0 Å². The van der Waals surface area contributed by atoms with E-state index in [0.717, 1.165) is 5.56 Å². The fourth-order valence-electron chi connectivity index (χ4n) is 2.64. The van der Waals surface area contributed by atoms with Gasteiger partial charge in [-0.1, -0.05) is 43.4 Å². The number of benzene rings is 2. The van der Waals surface area contributed by atoms with E-state index < -0.39 is 17.9 Å². The highest BCUT2D eigenvalue weighted by molar-refractivity contribution is 7.91. The monoisotopic (exact) mass is 416 g/mol. The molecule has 0 amide bonds. The lowest BCUT2D eigenvalue weighted by molar-refractivity contribution is 0.482. The summed E-state index contributed by atoms with van der Waals surface area (Å²) < 4.78 is 32.3. The summed E-state index contributed by atoms with van der Waals surface area (Å²) in [5, 5.41) is 13.8. The number of tetrazole rings is 1. The first-order valence-corrected chi connectivity index (χ1v) is 14.4. The number of aromatic amines is 1. The molecule has 3 rings (SSSR count). The van der Waals surface area contributed by atoms with Crippen molar-refractivity contribution in [1.82, 2.24) is 20.6 Å². The van der Waals surface area contributed by atoms with Crippen LogP contribution in [0.4, 0.5) is 0 Å². The van der Waals surface area contributed by atoms with Gasteiger partial charge in [0.2, 0.25) is 0 Å². The first-order valence-electron chi connectivity index (χ1n) is 9.00. The van der Waals surface area contributed by atoms with Crippen LogP contribution >= 0.6 is 0 Å². The van der Waals surface area contributed by atoms with E-state index in [1.807, 2.05) is 31.2 Å². The molecule has 3 aromatic rings. The highest BCUT2D eigenvalue weighted by Crippen LogP contribution is 2.37. The van der Waals surface area contributed by atoms with Gasteiger partial charge in [-0.25, -0.2) is 13.5 Å². The number of sulfone groups is 1. The van der Waals surface area contributed by atoms with Crippen molar-refractivity contribution in [2.24, 2.45) is 0 Å². The maximum atomic E-state index is 13.1. The van der Waals surface area contributed by atoms with Crippen LogP contribution in [-0.2, 0) is 9.84 Å². The summed E-state index contributed by atoms with van der Waals surface area (Å²) in [5.74, 6) is 1.34. The molecule has 148 valence electrons. The number of rotatable bonds is 7. The number of ether oxygens (including phenoxy) is 1. The summed E-state index contributed by atoms with van der Waals surface area (Å²) in [6.07, 6.45) is 0. The third-order valence-electron chi connectivity index (χ3n) is 4.27. The van der Waals surface area contributed by atoms with Crippen LogP contribution in [0.25, 0.3) is 11.4 Å². The second kappa shape index (κ2) is 7.84. The Balaban J connectivity index is 2.07. The van der Waals surface area contributed by atoms with Gasteiger partial charge in [-0.2, -0.15) is 0 Å². The number of nitrogens with one attached hydrogen (secondary N) is 1. The van der Waals surface area contributed by atoms with Crippen LogP contribution in [0.1, 0.15) is 5.56 Å². The molecule has 1 heterocycles. The molecule has 0 saturated carbocycles. The molecule has 0 aliphatic rings. The number of nitrogens with zero attached hydrogens (tertiary/aromatic N) is 3. The van der Waals surface area contributed by atoms with Crippen molar-refractivity contribution in [3.05, 3.63) is 48.0 Å². The summed E-state index contributed by atoms with van der Waals surface area (Å²) in [7, 11) is -5.05. The van der Waals surface area contributed by atoms with Gasteiger partial charge in [-0.15, -0.1) is 5.10 Å². The number of aryl methyl sites for hydroxylation is 1. The Bertz CT molecular complexity index is 1040. The average Bonchev–Trinajstić information content (AvgIpc) is 3.16. The van der Waals surface area contributed by atoms with E-state index in [-0.39, 0.29) is 16.5 Å². The lowest BCUT2D eigenvalue weighted by Gasteiger charge is -2.17. The van der Waals surface area contributed by atoms with Crippen LogP contribution in [-0.4, -0.2) is 42.9 Å². The summed E-state index contributed by atoms with van der Waals surface area (Å²) in [4.78, 5) is 0.175. The van der Waals surface area contributed by atoms with Crippen molar-refractivity contribution in [3.8, 4) is 22.9 Å². The molecule has 0 radical (unpaired) electrons. The second-order valence-electron chi connectivity index (χ2n) is 7.92. The maximum Gasteiger partial charge on any atom is 0.184 e. The normalized spacial score (nSPS) is 12.1. The number of hydrogen-bond donors (Lipinski definition) is 1. The number of hydrogen-bond acceptors (Lipinski definition) is 6. The number of H-pyrrole nitrogens is 1. The van der Waals surface area contributed by atoms with Gasteiger partial charge in [0.15, 0.2) is 15.7 Å². The van der Waals surface area contributed by atoms with Gasteiger partial charge in [0, 0.05) is 8.07 Å². The molecule has 0 aliphatic carbocycles. The van der Waals surface area contributed by atoms with Crippen molar-refractivity contribution in [3.63, 3.8) is 0 Å². The van der Waals surface area contributed by atoms with Crippen molar-refractivity contribution >= 4 is 17.9 Å². The van der Waals surface area contributed by atoms with Crippen LogP contribution in [0.5, 0.6) is 11.5 Å². The fourth-order valence-corrected chi connectivity index (χ4v) is 7.18. The zero-order valence-corrected chi connectivity index (χ0v) is 18.2. The fraction of sp³-hybridized carbons (Fsp3) is 0.316. The Morgan fingerprint density at radius 3 is 2.39 bits per heavy atom. The van der Waals surface area contributed by atoms with Crippen molar-refractivity contribution in [2.45, 2.75) is 37.5 Å². The van der Waals surface area contributed by atoms with E-state index in [4.69, 9.17) is 4.74 Å². The molecule has 0 fully saturated rings. The highest BCUT2D eigenvalue weighted by atomic mass is 32.2. The smallest absolute Gasteiger partial charge is 0.184 e. The van der Waals surface area contributed by atoms with Crippen LogP contribution < -0.4 is 4.74 Å². The SMILES string of the molecule is Cc1ccc(Oc2cccc(S(=O)(=O)CC[Si](C)(C)C)c2-c2nnn[nH]2)cc1. The van der Waals surface area contributed by atoms with Crippen LogP contribution in [0.15, 0.2) is 47.4 Å². The molecule has 2 aromatic carbocycles. The van der Waals surface area contributed by atoms with E-state index in [9.17, 15) is 8.42 Å². The molecule has 0 unspecified atom stereocenters. The summed E-state index contributed by atoms with van der Waals surface area (Å²) >= 11 is 0.